The number of hydrogen-bond acceptors (Lipinski definition) is 4. The summed E-state index contributed by atoms with van der Waals surface area (Å²) in [4.78, 5) is 12.4. The highest BCUT2D eigenvalue weighted by atomic mass is 35.5. The van der Waals surface area contributed by atoms with E-state index in [1.54, 1.807) is 12.1 Å². The van der Waals surface area contributed by atoms with E-state index >= 15 is 0 Å². The zero-order valence-electron chi connectivity index (χ0n) is 15.1. The van der Waals surface area contributed by atoms with Gasteiger partial charge < -0.3 is 9.47 Å². The molecule has 0 fully saturated rings. The summed E-state index contributed by atoms with van der Waals surface area (Å²) in [6, 6.07) is 17.1. The Labute approximate surface area is 163 Å². The van der Waals surface area contributed by atoms with E-state index in [1.165, 1.54) is 10.9 Å². The van der Waals surface area contributed by atoms with Crippen LogP contribution in [0.1, 0.15) is 24.5 Å². The SMILES string of the molecule is CCCOCc1ccc(COc2cnn(-c3ccccc3)c(=O)c2Cl)cc1. The molecule has 1 heterocycles. The van der Waals surface area contributed by atoms with Gasteiger partial charge in [-0.2, -0.15) is 9.78 Å². The second-order valence-corrected chi connectivity index (χ2v) is 6.41. The smallest absolute Gasteiger partial charge is 0.294 e. The minimum atomic E-state index is -0.413. The number of hydrogen-bond donors (Lipinski definition) is 0. The first-order valence-corrected chi connectivity index (χ1v) is 9.18. The van der Waals surface area contributed by atoms with Gasteiger partial charge in [-0.05, 0) is 29.7 Å². The maximum Gasteiger partial charge on any atom is 0.294 e. The van der Waals surface area contributed by atoms with Crippen molar-refractivity contribution >= 4 is 11.6 Å². The van der Waals surface area contributed by atoms with Crippen LogP contribution in [0.15, 0.2) is 65.6 Å². The van der Waals surface area contributed by atoms with E-state index < -0.39 is 5.56 Å². The van der Waals surface area contributed by atoms with Crippen LogP contribution >= 0.6 is 11.6 Å². The van der Waals surface area contributed by atoms with Crippen molar-refractivity contribution in [3.05, 3.63) is 87.3 Å². The Balaban J connectivity index is 1.66. The molecule has 0 bridgehead atoms. The van der Waals surface area contributed by atoms with Crippen LogP contribution in [0.4, 0.5) is 0 Å². The van der Waals surface area contributed by atoms with Crippen molar-refractivity contribution in [1.29, 1.82) is 0 Å². The zero-order chi connectivity index (χ0) is 19.1. The highest BCUT2D eigenvalue weighted by Gasteiger charge is 2.11. The third-order valence-electron chi connectivity index (χ3n) is 3.92. The molecule has 1 aromatic heterocycles. The van der Waals surface area contributed by atoms with Gasteiger partial charge in [0.05, 0.1) is 18.5 Å². The summed E-state index contributed by atoms with van der Waals surface area (Å²) in [6.07, 6.45) is 2.47. The summed E-state index contributed by atoms with van der Waals surface area (Å²) in [7, 11) is 0. The molecule has 0 radical (unpaired) electrons. The average molecular weight is 385 g/mol. The minimum absolute atomic E-state index is 0.0124. The summed E-state index contributed by atoms with van der Waals surface area (Å²) < 4.78 is 12.5. The second kappa shape index (κ2) is 9.35. The number of nitrogens with zero attached hydrogens (tertiary/aromatic N) is 2. The predicted octanol–water partition coefficient (Wildman–Crippen LogP) is 4.39. The minimum Gasteiger partial charge on any atom is -0.485 e. The number of para-hydroxylation sites is 1. The normalized spacial score (nSPS) is 10.7. The lowest BCUT2D eigenvalue weighted by molar-refractivity contribution is 0.121. The van der Waals surface area contributed by atoms with Crippen molar-refractivity contribution in [2.75, 3.05) is 6.61 Å². The van der Waals surface area contributed by atoms with Crippen molar-refractivity contribution in [2.24, 2.45) is 0 Å². The third-order valence-corrected chi connectivity index (χ3v) is 4.27. The predicted molar refractivity (Wildman–Crippen MR) is 106 cm³/mol. The van der Waals surface area contributed by atoms with Gasteiger partial charge in [-0.1, -0.05) is 61.0 Å². The van der Waals surface area contributed by atoms with E-state index in [2.05, 4.69) is 12.0 Å². The Morgan fingerprint density at radius 3 is 2.33 bits per heavy atom. The molecule has 0 saturated heterocycles. The van der Waals surface area contributed by atoms with E-state index in [0.717, 1.165) is 24.2 Å². The van der Waals surface area contributed by atoms with Gasteiger partial charge in [0.1, 0.15) is 6.61 Å². The molecule has 0 unspecified atom stereocenters. The summed E-state index contributed by atoms with van der Waals surface area (Å²) >= 11 is 6.20. The number of benzene rings is 2. The first-order valence-electron chi connectivity index (χ1n) is 8.80. The molecule has 6 heteroatoms. The van der Waals surface area contributed by atoms with E-state index in [4.69, 9.17) is 21.1 Å². The molecule has 0 atom stereocenters. The molecular formula is C21H21ClN2O3. The Hall–Kier alpha value is -2.63. The zero-order valence-corrected chi connectivity index (χ0v) is 15.9. The van der Waals surface area contributed by atoms with E-state index in [0.29, 0.717) is 18.9 Å². The van der Waals surface area contributed by atoms with Crippen LogP contribution in [0.2, 0.25) is 5.02 Å². The average Bonchev–Trinajstić information content (AvgIpc) is 2.71. The topological polar surface area (TPSA) is 53.4 Å². The van der Waals surface area contributed by atoms with Gasteiger partial charge >= 0.3 is 0 Å². The monoisotopic (exact) mass is 384 g/mol. The van der Waals surface area contributed by atoms with E-state index in [1.807, 2.05) is 42.5 Å². The van der Waals surface area contributed by atoms with E-state index in [-0.39, 0.29) is 10.8 Å². The Morgan fingerprint density at radius 1 is 1.00 bits per heavy atom. The van der Waals surface area contributed by atoms with Crippen LogP contribution in [0.25, 0.3) is 5.69 Å². The third kappa shape index (κ3) is 4.96. The Bertz CT molecular complexity index is 924. The maximum atomic E-state index is 12.4. The lowest BCUT2D eigenvalue weighted by atomic mass is 10.1. The fraction of sp³-hybridized carbons (Fsp3) is 0.238. The van der Waals surface area contributed by atoms with Gasteiger partial charge in [0, 0.05) is 6.61 Å². The highest BCUT2D eigenvalue weighted by molar-refractivity contribution is 6.31. The molecule has 0 saturated carbocycles. The molecule has 2 aromatic carbocycles. The van der Waals surface area contributed by atoms with Gasteiger partial charge in [-0.25, -0.2) is 0 Å². The molecular weight excluding hydrogens is 364 g/mol. The molecule has 3 aromatic rings. The van der Waals surface area contributed by atoms with Crippen LogP contribution in [0.5, 0.6) is 5.75 Å². The lowest BCUT2D eigenvalue weighted by Gasteiger charge is -2.10. The summed E-state index contributed by atoms with van der Waals surface area (Å²) in [5, 5.41) is 4.17. The van der Waals surface area contributed by atoms with Gasteiger partial charge in [0.15, 0.2) is 10.8 Å². The van der Waals surface area contributed by atoms with Crippen LogP contribution in [-0.4, -0.2) is 16.4 Å². The molecule has 0 aliphatic rings. The molecule has 140 valence electrons. The first-order chi connectivity index (χ1) is 13.2. The molecule has 0 aliphatic heterocycles. The number of aromatic nitrogens is 2. The van der Waals surface area contributed by atoms with Crippen molar-refractivity contribution < 1.29 is 9.47 Å². The molecule has 0 N–H and O–H groups in total. The van der Waals surface area contributed by atoms with E-state index in [9.17, 15) is 4.79 Å². The highest BCUT2D eigenvalue weighted by Crippen LogP contribution is 2.21. The maximum absolute atomic E-state index is 12.4. The van der Waals surface area contributed by atoms with Gasteiger partial charge in [0.25, 0.3) is 5.56 Å². The summed E-state index contributed by atoms with van der Waals surface area (Å²) in [6.45, 7) is 3.73. The van der Waals surface area contributed by atoms with Gasteiger partial charge in [-0.15, -0.1) is 0 Å². The van der Waals surface area contributed by atoms with Crippen molar-refractivity contribution in [3.8, 4) is 11.4 Å². The quantitative estimate of drug-likeness (QED) is 0.540. The molecule has 0 amide bonds. The molecule has 3 rings (SSSR count). The molecule has 0 aliphatic carbocycles. The van der Waals surface area contributed by atoms with Gasteiger partial charge in [-0.3, -0.25) is 4.79 Å². The number of rotatable bonds is 8. The molecule has 5 nitrogen and oxygen atoms in total. The molecule has 27 heavy (non-hydrogen) atoms. The second-order valence-electron chi connectivity index (χ2n) is 6.03. The Kier molecular flexibility index (Phi) is 6.63. The van der Waals surface area contributed by atoms with Crippen LogP contribution in [-0.2, 0) is 18.0 Å². The van der Waals surface area contributed by atoms with Crippen LogP contribution < -0.4 is 10.3 Å². The summed E-state index contributed by atoms with van der Waals surface area (Å²) in [5.74, 6) is 0.268. The number of halogens is 1. The fourth-order valence-electron chi connectivity index (χ4n) is 2.50. The summed E-state index contributed by atoms with van der Waals surface area (Å²) in [5.41, 5.74) is 2.32. The Morgan fingerprint density at radius 2 is 1.67 bits per heavy atom. The van der Waals surface area contributed by atoms with Crippen molar-refractivity contribution in [1.82, 2.24) is 9.78 Å². The standard InChI is InChI=1S/C21H21ClN2O3/c1-2-12-26-14-16-8-10-17(11-9-16)15-27-19-13-23-24(21(25)20(19)22)18-6-4-3-5-7-18/h3-11,13H,2,12,14-15H2,1H3. The molecule has 0 spiro atoms. The fourth-order valence-corrected chi connectivity index (χ4v) is 2.68. The van der Waals surface area contributed by atoms with Crippen molar-refractivity contribution in [2.45, 2.75) is 26.6 Å². The van der Waals surface area contributed by atoms with Crippen LogP contribution in [0.3, 0.4) is 0 Å². The largest absolute Gasteiger partial charge is 0.485 e. The van der Waals surface area contributed by atoms with Gasteiger partial charge in [0.2, 0.25) is 0 Å². The first kappa shape index (κ1) is 19.1. The van der Waals surface area contributed by atoms with Crippen molar-refractivity contribution in [3.63, 3.8) is 0 Å². The van der Waals surface area contributed by atoms with Crippen LogP contribution in [0, 0.1) is 0 Å². The lowest BCUT2D eigenvalue weighted by Crippen LogP contribution is -2.21. The number of ether oxygens (including phenoxy) is 2.